The topological polar surface area (TPSA) is 57.5 Å². The van der Waals surface area contributed by atoms with Crippen molar-refractivity contribution in [1.29, 1.82) is 0 Å². The molecule has 4 heteroatoms. The minimum atomic E-state index is -1.27. The van der Waals surface area contributed by atoms with Crippen molar-refractivity contribution in [1.82, 2.24) is 0 Å². The molecule has 1 aromatic carbocycles. The van der Waals surface area contributed by atoms with Gasteiger partial charge in [-0.15, -0.1) is 0 Å². The van der Waals surface area contributed by atoms with Crippen LogP contribution in [0.2, 0.25) is 0 Å². The molecule has 1 aromatic rings. The van der Waals surface area contributed by atoms with Crippen LogP contribution in [0.25, 0.3) is 0 Å². The Morgan fingerprint density at radius 2 is 2.08 bits per heavy atom. The second-order valence-electron chi connectivity index (χ2n) is 2.37. The molecule has 0 aromatic heterocycles. The summed E-state index contributed by atoms with van der Waals surface area (Å²) >= 11 is 0. The van der Waals surface area contributed by atoms with Crippen LogP contribution < -0.4 is 0 Å². The van der Waals surface area contributed by atoms with Crippen LogP contribution in [0.4, 0.5) is 4.39 Å². The number of aromatic hydroxyl groups is 1. The smallest absolute Gasteiger partial charge is 0.339 e. The van der Waals surface area contributed by atoms with E-state index in [2.05, 4.69) is 0 Å². The van der Waals surface area contributed by atoms with Crippen molar-refractivity contribution in [2.75, 3.05) is 0 Å². The monoisotopic (exact) mass is 170 g/mol. The van der Waals surface area contributed by atoms with E-state index in [1.807, 2.05) is 0 Å². The summed E-state index contributed by atoms with van der Waals surface area (Å²) in [6.07, 6.45) is 0. The summed E-state index contributed by atoms with van der Waals surface area (Å²) in [5.41, 5.74) is -0.330. The van der Waals surface area contributed by atoms with Gasteiger partial charge in [0.05, 0.1) is 0 Å². The summed E-state index contributed by atoms with van der Waals surface area (Å²) in [5, 5.41) is 17.6. The predicted octanol–water partition coefficient (Wildman–Crippen LogP) is 1.54. The van der Waals surface area contributed by atoms with Gasteiger partial charge in [-0.1, -0.05) is 0 Å². The van der Waals surface area contributed by atoms with Gasteiger partial charge in [0.15, 0.2) is 0 Å². The van der Waals surface area contributed by atoms with Crippen LogP contribution in [0.5, 0.6) is 5.75 Å². The normalized spacial score (nSPS) is 9.83. The lowest BCUT2D eigenvalue weighted by Gasteiger charge is -2.02. The number of phenols is 1. The second-order valence-corrected chi connectivity index (χ2v) is 2.37. The molecule has 3 nitrogen and oxygen atoms in total. The average Bonchev–Trinajstić information content (AvgIpc) is 2.00. The fraction of sp³-hybridized carbons (Fsp3) is 0.125. The molecule has 0 saturated carbocycles. The van der Waals surface area contributed by atoms with Gasteiger partial charge in [-0.3, -0.25) is 0 Å². The molecule has 12 heavy (non-hydrogen) atoms. The third-order valence-electron chi connectivity index (χ3n) is 1.60. The van der Waals surface area contributed by atoms with Crippen molar-refractivity contribution in [3.8, 4) is 5.75 Å². The van der Waals surface area contributed by atoms with E-state index in [9.17, 15) is 9.18 Å². The van der Waals surface area contributed by atoms with Crippen LogP contribution in [0.15, 0.2) is 12.1 Å². The van der Waals surface area contributed by atoms with Crippen molar-refractivity contribution in [3.63, 3.8) is 0 Å². The molecule has 0 radical (unpaired) electrons. The van der Waals surface area contributed by atoms with Gasteiger partial charge in [-0.05, 0) is 19.1 Å². The minimum Gasteiger partial charge on any atom is -0.507 e. The van der Waals surface area contributed by atoms with Crippen molar-refractivity contribution < 1.29 is 19.4 Å². The van der Waals surface area contributed by atoms with Crippen LogP contribution in [-0.4, -0.2) is 16.2 Å². The fourth-order valence-corrected chi connectivity index (χ4v) is 0.848. The Bertz CT molecular complexity index is 333. The molecule has 0 amide bonds. The van der Waals surface area contributed by atoms with E-state index < -0.39 is 17.5 Å². The molecule has 0 saturated heterocycles. The average molecular weight is 170 g/mol. The zero-order chi connectivity index (χ0) is 9.30. The maximum atomic E-state index is 12.7. The Morgan fingerprint density at radius 1 is 1.50 bits per heavy atom. The molecule has 2 N–H and O–H groups in total. The van der Waals surface area contributed by atoms with E-state index >= 15 is 0 Å². The highest BCUT2D eigenvalue weighted by molar-refractivity contribution is 5.91. The highest BCUT2D eigenvalue weighted by atomic mass is 19.1. The fourth-order valence-electron chi connectivity index (χ4n) is 0.848. The van der Waals surface area contributed by atoms with E-state index in [1.54, 1.807) is 0 Å². The Hall–Kier alpha value is -1.58. The van der Waals surface area contributed by atoms with Gasteiger partial charge in [0.25, 0.3) is 0 Å². The number of carboxylic acids is 1. The van der Waals surface area contributed by atoms with Crippen LogP contribution in [0.3, 0.4) is 0 Å². The van der Waals surface area contributed by atoms with Crippen LogP contribution in [0.1, 0.15) is 15.9 Å². The number of halogens is 1. The Labute approximate surface area is 68.1 Å². The molecule has 0 atom stereocenters. The molecule has 0 aliphatic rings. The predicted molar refractivity (Wildman–Crippen MR) is 39.8 cm³/mol. The Kier molecular flexibility index (Phi) is 1.99. The maximum Gasteiger partial charge on any atom is 0.339 e. The van der Waals surface area contributed by atoms with Gasteiger partial charge in [-0.2, -0.15) is 0 Å². The Balaban J connectivity index is 3.36. The molecule has 0 spiro atoms. The van der Waals surface area contributed by atoms with Crippen molar-refractivity contribution >= 4 is 5.97 Å². The largest absolute Gasteiger partial charge is 0.507 e. The van der Waals surface area contributed by atoms with Crippen LogP contribution in [0, 0.1) is 12.7 Å². The number of rotatable bonds is 1. The number of aromatic carboxylic acids is 1. The SMILES string of the molecule is Cc1c(F)ccc(C(=O)O)c1O. The first-order chi connectivity index (χ1) is 5.54. The quantitative estimate of drug-likeness (QED) is 0.672. The summed E-state index contributed by atoms with van der Waals surface area (Å²) in [6, 6.07) is 2.04. The summed E-state index contributed by atoms with van der Waals surface area (Å²) in [4.78, 5) is 10.4. The first kappa shape index (κ1) is 8.52. The molecular formula is C8H7FO3. The van der Waals surface area contributed by atoms with Gasteiger partial charge in [-0.25, -0.2) is 9.18 Å². The van der Waals surface area contributed by atoms with Gasteiger partial charge in [0.1, 0.15) is 17.1 Å². The van der Waals surface area contributed by atoms with Gasteiger partial charge >= 0.3 is 5.97 Å². The minimum absolute atomic E-state index is 0.0464. The summed E-state index contributed by atoms with van der Waals surface area (Å²) in [6.45, 7) is 1.32. The first-order valence-electron chi connectivity index (χ1n) is 3.25. The zero-order valence-electron chi connectivity index (χ0n) is 6.34. The number of hydrogen-bond donors (Lipinski definition) is 2. The van der Waals surface area contributed by atoms with E-state index in [0.29, 0.717) is 0 Å². The molecule has 0 bridgehead atoms. The van der Waals surface area contributed by atoms with E-state index in [0.717, 1.165) is 12.1 Å². The van der Waals surface area contributed by atoms with Gasteiger partial charge < -0.3 is 10.2 Å². The van der Waals surface area contributed by atoms with Crippen molar-refractivity contribution in [2.45, 2.75) is 6.92 Å². The summed E-state index contributed by atoms with van der Waals surface area (Å²) in [7, 11) is 0. The van der Waals surface area contributed by atoms with Gasteiger partial charge in [0, 0.05) is 5.56 Å². The van der Waals surface area contributed by atoms with E-state index in [-0.39, 0.29) is 11.1 Å². The van der Waals surface area contributed by atoms with E-state index in [4.69, 9.17) is 10.2 Å². The molecule has 0 unspecified atom stereocenters. The molecule has 1 rings (SSSR count). The Morgan fingerprint density at radius 3 is 2.58 bits per heavy atom. The van der Waals surface area contributed by atoms with Crippen LogP contribution >= 0.6 is 0 Å². The molecule has 0 heterocycles. The number of hydrogen-bond acceptors (Lipinski definition) is 2. The number of benzene rings is 1. The molecular weight excluding hydrogens is 163 g/mol. The standard InChI is InChI=1S/C8H7FO3/c1-4-6(9)3-2-5(7(4)10)8(11)12/h2-3,10H,1H3,(H,11,12). The summed E-state index contributed by atoms with van der Waals surface area (Å²) < 4.78 is 12.7. The van der Waals surface area contributed by atoms with Crippen molar-refractivity contribution in [2.24, 2.45) is 0 Å². The zero-order valence-corrected chi connectivity index (χ0v) is 6.34. The number of carboxylic acid groups (broad SMARTS) is 1. The second kappa shape index (κ2) is 2.81. The third kappa shape index (κ3) is 1.23. The molecule has 0 aliphatic carbocycles. The van der Waals surface area contributed by atoms with Crippen molar-refractivity contribution in [3.05, 3.63) is 29.1 Å². The first-order valence-corrected chi connectivity index (χ1v) is 3.25. The van der Waals surface area contributed by atoms with E-state index in [1.165, 1.54) is 6.92 Å². The number of carbonyl (C=O) groups is 1. The third-order valence-corrected chi connectivity index (χ3v) is 1.60. The van der Waals surface area contributed by atoms with Crippen LogP contribution in [-0.2, 0) is 0 Å². The maximum absolute atomic E-state index is 12.7. The lowest BCUT2D eigenvalue weighted by molar-refractivity contribution is 0.0693. The summed E-state index contributed by atoms with van der Waals surface area (Å²) in [5.74, 6) is -2.39. The molecule has 0 fully saturated rings. The lowest BCUT2D eigenvalue weighted by Crippen LogP contribution is -1.98. The highest BCUT2D eigenvalue weighted by Crippen LogP contribution is 2.23. The highest BCUT2D eigenvalue weighted by Gasteiger charge is 2.13. The molecule has 64 valence electrons. The van der Waals surface area contributed by atoms with Gasteiger partial charge in [0.2, 0.25) is 0 Å². The lowest BCUT2D eigenvalue weighted by atomic mass is 10.1. The molecule has 0 aliphatic heterocycles.